The molecule has 1 aliphatic heterocycles. The highest BCUT2D eigenvalue weighted by Crippen LogP contribution is 2.34. The third-order valence-electron chi connectivity index (χ3n) is 4.20. The molecule has 1 unspecified atom stereocenters. The molecule has 21 heavy (non-hydrogen) atoms. The highest BCUT2D eigenvalue weighted by Gasteiger charge is 2.48. The predicted octanol–water partition coefficient (Wildman–Crippen LogP) is 2.26. The summed E-state index contributed by atoms with van der Waals surface area (Å²) in [7, 11) is 0. The van der Waals surface area contributed by atoms with E-state index in [-0.39, 0.29) is 5.91 Å². The molecule has 1 aromatic heterocycles. The zero-order chi connectivity index (χ0) is 15.3. The molecular formula is C16H22N2O3. The predicted molar refractivity (Wildman–Crippen MR) is 78.8 cm³/mol. The van der Waals surface area contributed by atoms with E-state index in [2.05, 4.69) is 4.98 Å². The molecule has 1 aromatic rings. The van der Waals surface area contributed by atoms with Crippen LogP contribution in [0.15, 0.2) is 24.5 Å². The van der Waals surface area contributed by atoms with Crippen molar-refractivity contribution in [3.8, 4) is 0 Å². The van der Waals surface area contributed by atoms with E-state index in [9.17, 15) is 14.7 Å². The molecule has 5 nitrogen and oxygen atoms in total. The number of hydrogen-bond donors (Lipinski definition) is 1. The van der Waals surface area contributed by atoms with Gasteiger partial charge in [-0.05, 0) is 37.3 Å². The Kier molecular flexibility index (Phi) is 4.94. The number of nitrogens with zero attached hydrogens (tertiary/aromatic N) is 2. The van der Waals surface area contributed by atoms with Crippen LogP contribution in [-0.4, -0.2) is 39.0 Å². The van der Waals surface area contributed by atoms with E-state index < -0.39 is 11.5 Å². The molecule has 1 N–H and O–H groups in total. The first-order valence-corrected chi connectivity index (χ1v) is 7.53. The van der Waals surface area contributed by atoms with Crippen molar-refractivity contribution in [3.05, 3.63) is 30.1 Å². The molecule has 1 aliphatic rings. The number of pyridine rings is 1. The van der Waals surface area contributed by atoms with Gasteiger partial charge in [-0.3, -0.25) is 9.78 Å². The number of aryl methyl sites for hydroxylation is 1. The normalized spacial score (nSPS) is 21.5. The summed E-state index contributed by atoms with van der Waals surface area (Å²) in [4.78, 5) is 29.8. The molecule has 2 heterocycles. The summed E-state index contributed by atoms with van der Waals surface area (Å²) in [5, 5.41) is 9.60. The van der Waals surface area contributed by atoms with Gasteiger partial charge in [-0.15, -0.1) is 0 Å². The van der Waals surface area contributed by atoms with Crippen molar-refractivity contribution in [1.29, 1.82) is 0 Å². The van der Waals surface area contributed by atoms with Gasteiger partial charge in [-0.1, -0.05) is 19.4 Å². The van der Waals surface area contributed by atoms with Crippen LogP contribution in [0.3, 0.4) is 0 Å². The molecular weight excluding hydrogens is 268 g/mol. The van der Waals surface area contributed by atoms with E-state index in [1.165, 1.54) is 0 Å². The lowest BCUT2D eigenvalue weighted by Crippen LogP contribution is -2.53. The van der Waals surface area contributed by atoms with Crippen LogP contribution in [0.2, 0.25) is 0 Å². The number of carbonyl (C=O) groups is 2. The molecule has 0 aliphatic carbocycles. The molecule has 0 aromatic carbocycles. The first kappa shape index (κ1) is 15.5. The van der Waals surface area contributed by atoms with E-state index in [4.69, 9.17) is 0 Å². The molecule has 114 valence electrons. The maximum absolute atomic E-state index is 12.5. The van der Waals surface area contributed by atoms with Crippen LogP contribution in [-0.2, 0) is 16.0 Å². The molecule has 0 spiro atoms. The molecule has 0 bridgehead atoms. The Bertz CT molecular complexity index is 504. The second-order valence-electron chi connectivity index (χ2n) is 5.60. The molecule has 0 radical (unpaired) electrons. The molecule has 1 amide bonds. The fraction of sp³-hybridized carbons (Fsp3) is 0.562. The number of carbonyl (C=O) groups excluding carboxylic acids is 1. The Hall–Kier alpha value is -1.91. The van der Waals surface area contributed by atoms with Crippen molar-refractivity contribution in [1.82, 2.24) is 9.88 Å². The number of aromatic nitrogens is 1. The molecule has 5 heteroatoms. The first-order valence-electron chi connectivity index (χ1n) is 7.53. The molecule has 1 atom stereocenters. The van der Waals surface area contributed by atoms with Gasteiger partial charge >= 0.3 is 5.97 Å². The van der Waals surface area contributed by atoms with Gasteiger partial charge in [-0.25, -0.2) is 4.79 Å². The molecule has 1 fully saturated rings. The van der Waals surface area contributed by atoms with Crippen molar-refractivity contribution in [2.45, 2.75) is 51.0 Å². The van der Waals surface area contributed by atoms with Crippen molar-refractivity contribution >= 4 is 11.9 Å². The second kappa shape index (κ2) is 6.70. The minimum atomic E-state index is -0.985. The molecule has 1 saturated heterocycles. The summed E-state index contributed by atoms with van der Waals surface area (Å²) in [5.41, 5.74) is 0.0160. The topological polar surface area (TPSA) is 70.5 Å². The van der Waals surface area contributed by atoms with Crippen molar-refractivity contribution in [2.24, 2.45) is 0 Å². The second-order valence-corrected chi connectivity index (χ2v) is 5.60. The van der Waals surface area contributed by atoms with Crippen LogP contribution in [0.25, 0.3) is 0 Å². The zero-order valence-electron chi connectivity index (χ0n) is 12.4. The number of likely N-dealkylation sites (tertiary alicyclic amines) is 1. The Balaban J connectivity index is 2.05. The summed E-state index contributed by atoms with van der Waals surface area (Å²) in [6.45, 7) is 2.51. The Morgan fingerprint density at radius 3 is 2.90 bits per heavy atom. The highest BCUT2D eigenvalue weighted by atomic mass is 16.4. The van der Waals surface area contributed by atoms with E-state index >= 15 is 0 Å². The third-order valence-corrected chi connectivity index (χ3v) is 4.20. The lowest BCUT2D eigenvalue weighted by Gasteiger charge is -2.34. The SMILES string of the molecule is CCCC1(C(=O)O)CCCN1C(=O)CCc1cccnc1. The lowest BCUT2D eigenvalue weighted by molar-refractivity contribution is -0.157. The van der Waals surface area contributed by atoms with Gasteiger partial charge in [0.1, 0.15) is 5.54 Å². The van der Waals surface area contributed by atoms with Crippen LogP contribution >= 0.6 is 0 Å². The van der Waals surface area contributed by atoms with Gasteiger partial charge in [0.2, 0.25) is 5.91 Å². The van der Waals surface area contributed by atoms with Crippen molar-refractivity contribution < 1.29 is 14.7 Å². The van der Waals surface area contributed by atoms with Crippen LogP contribution < -0.4 is 0 Å². The third kappa shape index (κ3) is 3.23. The van der Waals surface area contributed by atoms with Gasteiger partial charge in [0.05, 0.1) is 0 Å². The number of carboxylic acids is 1. The van der Waals surface area contributed by atoms with E-state index in [1.807, 2.05) is 19.1 Å². The average Bonchev–Trinajstić information content (AvgIpc) is 2.91. The minimum absolute atomic E-state index is 0.0628. The van der Waals surface area contributed by atoms with Gasteiger partial charge in [0.15, 0.2) is 0 Å². The van der Waals surface area contributed by atoms with Crippen LogP contribution in [0.4, 0.5) is 0 Å². The Morgan fingerprint density at radius 2 is 2.29 bits per heavy atom. The summed E-state index contributed by atoms with van der Waals surface area (Å²) in [6, 6.07) is 3.77. The largest absolute Gasteiger partial charge is 0.479 e. The van der Waals surface area contributed by atoms with Crippen LogP contribution in [0.1, 0.15) is 44.6 Å². The monoisotopic (exact) mass is 290 g/mol. The average molecular weight is 290 g/mol. The molecule has 0 saturated carbocycles. The van der Waals surface area contributed by atoms with Gasteiger partial charge in [-0.2, -0.15) is 0 Å². The fourth-order valence-electron chi connectivity index (χ4n) is 3.18. The van der Waals surface area contributed by atoms with E-state index in [1.54, 1.807) is 17.3 Å². The van der Waals surface area contributed by atoms with Gasteiger partial charge < -0.3 is 10.0 Å². The standard InChI is InChI=1S/C16H22N2O3/c1-2-8-16(15(20)21)9-4-11-18(16)14(19)7-6-13-5-3-10-17-12-13/h3,5,10,12H,2,4,6-9,11H2,1H3,(H,20,21). The maximum atomic E-state index is 12.5. The number of amides is 1. The van der Waals surface area contributed by atoms with Gasteiger partial charge in [0.25, 0.3) is 0 Å². The summed E-state index contributed by atoms with van der Waals surface area (Å²) in [5.74, 6) is -0.927. The van der Waals surface area contributed by atoms with Crippen molar-refractivity contribution in [3.63, 3.8) is 0 Å². The Labute approximate surface area is 125 Å². The minimum Gasteiger partial charge on any atom is -0.479 e. The fourth-order valence-corrected chi connectivity index (χ4v) is 3.18. The number of hydrogen-bond acceptors (Lipinski definition) is 3. The number of aliphatic carboxylic acids is 1. The highest BCUT2D eigenvalue weighted by molar-refractivity contribution is 5.87. The smallest absolute Gasteiger partial charge is 0.329 e. The summed E-state index contributed by atoms with van der Waals surface area (Å²) < 4.78 is 0. The molecule has 2 rings (SSSR count). The number of carboxylic acid groups (broad SMARTS) is 1. The van der Waals surface area contributed by atoms with E-state index in [0.717, 1.165) is 18.4 Å². The quantitative estimate of drug-likeness (QED) is 0.872. The summed E-state index contributed by atoms with van der Waals surface area (Å²) in [6.07, 6.45) is 7.01. The van der Waals surface area contributed by atoms with E-state index in [0.29, 0.717) is 32.2 Å². The van der Waals surface area contributed by atoms with Gasteiger partial charge in [0, 0.05) is 25.4 Å². The van der Waals surface area contributed by atoms with Crippen LogP contribution in [0.5, 0.6) is 0 Å². The zero-order valence-corrected chi connectivity index (χ0v) is 12.4. The van der Waals surface area contributed by atoms with Crippen LogP contribution in [0, 0.1) is 0 Å². The number of rotatable bonds is 6. The maximum Gasteiger partial charge on any atom is 0.329 e. The van der Waals surface area contributed by atoms with Crippen molar-refractivity contribution in [2.75, 3.05) is 6.54 Å². The lowest BCUT2D eigenvalue weighted by atomic mass is 9.90. The first-order chi connectivity index (χ1) is 10.1. The Morgan fingerprint density at radius 1 is 1.48 bits per heavy atom. The summed E-state index contributed by atoms with van der Waals surface area (Å²) >= 11 is 0.